The molecule has 0 fully saturated rings. The summed E-state index contributed by atoms with van der Waals surface area (Å²) in [5.41, 5.74) is 6.85. The largest absolute Gasteiger partial charge is 0.409 e. The molecule has 0 saturated heterocycles. The van der Waals surface area contributed by atoms with E-state index >= 15 is 0 Å². The van der Waals surface area contributed by atoms with Gasteiger partial charge in [0.1, 0.15) is 0 Å². The number of amides is 1. The summed E-state index contributed by atoms with van der Waals surface area (Å²) in [7, 11) is 0. The first-order chi connectivity index (χ1) is 10.0. The Balaban J connectivity index is 2.32. The van der Waals surface area contributed by atoms with Gasteiger partial charge in [0.2, 0.25) is 0 Å². The fourth-order valence-corrected chi connectivity index (χ4v) is 2.22. The van der Waals surface area contributed by atoms with Crippen LogP contribution < -0.4 is 11.1 Å². The Morgan fingerprint density at radius 2 is 1.90 bits per heavy atom. The summed E-state index contributed by atoms with van der Waals surface area (Å²) in [6, 6.07) is 11.8. The van der Waals surface area contributed by atoms with Gasteiger partial charge in [-0.2, -0.15) is 0 Å². The van der Waals surface area contributed by atoms with E-state index in [1.54, 1.807) is 30.3 Å². The number of oxime groups is 1. The van der Waals surface area contributed by atoms with Crippen LogP contribution in [-0.2, 0) is 0 Å². The summed E-state index contributed by atoms with van der Waals surface area (Å²) in [6.07, 6.45) is 0. The van der Waals surface area contributed by atoms with Crippen molar-refractivity contribution in [3.63, 3.8) is 0 Å². The van der Waals surface area contributed by atoms with Crippen molar-refractivity contribution in [2.24, 2.45) is 10.9 Å². The summed E-state index contributed by atoms with van der Waals surface area (Å²) in [4.78, 5) is 12.2. The minimum absolute atomic E-state index is 0.107. The lowest BCUT2D eigenvalue weighted by Gasteiger charge is -2.11. The molecule has 0 aliphatic rings. The smallest absolute Gasteiger partial charge is 0.255 e. The molecule has 1 amide bonds. The molecule has 0 atom stereocenters. The van der Waals surface area contributed by atoms with Gasteiger partial charge in [0, 0.05) is 19.7 Å². The minimum Gasteiger partial charge on any atom is -0.409 e. The molecule has 2 aromatic carbocycles. The topological polar surface area (TPSA) is 87.7 Å². The standard InChI is InChI=1S/C14H11ClIN3O2/c15-9-3-6-11(13(17)19-21)12(7-9)18-14(20)8-1-4-10(16)5-2-8/h1-7,21H,(H2,17,19)(H,18,20). The Labute approximate surface area is 139 Å². The van der Waals surface area contributed by atoms with Crippen LogP contribution in [0.4, 0.5) is 5.69 Å². The van der Waals surface area contributed by atoms with Gasteiger partial charge in [-0.1, -0.05) is 16.8 Å². The molecule has 0 heterocycles. The van der Waals surface area contributed by atoms with Gasteiger partial charge in [-0.05, 0) is 65.1 Å². The fourth-order valence-electron chi connectivity index (χ4n) is 1.69. The van der Waals surface area contributed by atoms with Crippen LogP contribution in [0.15, 0.2) is 47.6 Å². The fraction of sp³-hybridized carbons (Fsp3) is 0. The highest BCUT2D eigenvalue weighted by Gasteiger charge is 2.12. The molecule has 0 aromatic heterocycles. The average Bonchev–Trinajstić information content (AvgIpc) is 2.47. The van der Waals surface area contributed by atoms with Gasteiger partial charge in [0.25, 0.3) is 5.91 Å². The number of hydrogen-bond acceptors (Lipinski definition) is 3. The molecule has 7 heteroatoms. The van der Waals surface area contributed by atoms with Crippen molar-refractivity contribution in [1.82, 2.24) is 0 Å². The van der Waals surface area contributed by atoms with Crippen molar-refractivity contribution in [3.05, 3.63) is 62.2 Å². The molecule has 5 nitrogen and oxygen atoms in total. The Bertz CT molecular complexity index is 702. The normalized spacial score (nSPS) is 11.2. The molecular weight excluding hydrogens is 405 g/mol. The number of carbonyl (C=O) groups excluding carboxylic acids is 1. The van der Waals surface area contributed by atoms with Gasteiger partial charge in [0.15, 0.2) is 5.84 Å². The third-order valence-corrected chi connectivity index (χ3v) is 3.67. The van der Waals surface area contributed by atoms with Crippen LogP contribution in [0.5, 0.6) is 0 Å². The lowest BCUT2D eigenvalue weighted by molar-refractivity contribution is 0.102. The van der Waals surface area contributed by atoms with E-state index in [-0.39, 0.29) is 11.7 Å². The minimum atomic E-state index is -0.305. The first-order valence-electron chi connectivity index (χ1n) is 5.85. The zero-order valence-electron chi connectivity index (χ0n) is 10.7. The molecule has 21 heavy (non-hydrogen) atoms. The molecule has 0 spiro atoms. The van der Waals surface area contributed by atoms with Gasteiger partial charge in [-0.25, -0.2) is 0 Å². The van der Waals surface area contributed by atoms with Crippen molar-refractivity contribution in [2.75, 3.05) is 5.32 Å². The number of rotatable bonds is 3. The Morgan fingerprint density at radius 3 is 2.52 bits per heavy atom. The second-order valence-corrected chi connectivity index (χ2v) is 5.82. The molecule has 0 aliphatic heterocycles. The summed E-state index contributed by atoms with van der Waals surface area (Å²) in [5.74, 6) is -0.412. The number of hydrogen-bond donors (Lipinski definition) is 3. The zero-order chi connectivity index (χ0) is 15.4. The second kappa shape index (κ2) is 6.77. The first-order valence-corrected chi connectivity index (χ1v) is 7.31. The van der Waals surface area contributed by atoms with Crippen LogP contribution in [0.1, 0.15) is 15.9 Å². The van der Waals surface area contributed by atoms with E-state index in [1.807, 2.05) is 12.1 Å². The summed E-state index contributed by atoms with van der Waals surface area (Å²) in [6.45, 7) is 0. The Kier molecular flexibility index (Phi) is 5.03. The lowest BCUT2D eigenvalue weighted by Crippen LogP contribution is -2.19. The summed E-state index contributed by atoms with van der Waals surface area (Å²) in [5, 5.41) is 14.9. The quantitative estimate of drug-likeness (QED) is 0.236. The van der Waals surface area contributed by atoms with E-state index < -0.39 is 0 Å². The third-order valence-electron chi connectivity index (χ3n) is 2.72. The third kappa shape index (κ3) is 3.85. The number of nitrogens with two attached hydrogens (primary N) is 1. The number of anilines is 1. The average molecular weight is 416 g/mol. The van der Waals surface area contributed by atoms with Crippen LogP contribution >= 0.6 is 34.2 Å². The van der Waals surface area contributed by atoms with Crippen molar-refractivity contribution in [1.29, 1.82) is 0 Å². The monoisotopic (exact) mass is 415 g/mol. The van der Waals surface area contributed by atoms with Crippen LogP contribution in [0.25, 0.3) is 0 Å². The molecule has 0 unspecified atom stereocenters. The summed E-state index contributed by atoms with van der Waals surface area (Å²) < 4.78 is 1.03. The highest BCUT2D eigenvalue weighted by atomic mass is 127. The number of carbonyl (C=O) groups is 1. The maximum Gasteiger partial charge on any atom is 0.255 e. The number of nitrogens with zero attached hydrogens (tertiary/aromatic N) is 1. The molecule has 108 valence electrons. The number of halogens is 2. The van der Waals surface area contributed by atoms with Crippen molar-refractivity contribution < 1.29 is 10.0 Å². The SMILES string of the molecule is NC(=NO)c1ccc(Cl)cc1NC(=O)c1ccc(I)cc1. The molecule has 2 aromatic rings. The van der Waals surface area contributed by atoms with E-state index in [9.17, 15) is 4.79 Å². The van der Waals surface area contributed by atoms with Crippen LogP contribution in [-0.4, -0.2) is 17.0 Å². The van der Waals surface area contributed by atoms with E-state index in [2.05, 4.69) is 33.1 Å². The summed E-state index contributed by atoms with van der Waals surface area (Å²) >= 11 is 8.08. The predicted molar refractivity (Wildman–Crippen MR) is 91.1 cm³/mol. The highest BCUT2D eigenvalue weighted by Crippen LogP contribution is 2.22. The van der Waals surface area contributed by atoms with Crippen molar-refractivity contribution in [2.45, 2.75) is 0 Å². The van der Waals surface area contributed by atoms with E-state index in [4.69, 9.17) is 22.5 Å². The number of benzene rings is 2. The van der Waals surface area contributed by atoms with E-state index in [0.29, 0.717) is 21.8 Å². The van der Waals surface area contributed by atoms with Crippen LogP contribution in [0.2, 0.25) is 5.02 Å². The van der Waals surface area contributed by atoms with Gasteiger partial charge >= 0.3 is 0 Å². The second-order valence-electron chi connectivity index (χ2n) is 4.14. The van der Waals surface area contributed by atoms with Gasteiger partial charge < -0.3 is 16.3 Å². The van der Waals surface area contributed by atoms with Crippen molar-refractivity contribution in [3.8, 4) is 0 Å². The number of amidine groups is 1. The first kappa shape index (κ1) is 15.6. The molecule has 4 N–H and O–H groups in total. The van der Waals surface area contributed by atoms with Crippen molar-refractivity contribution >= 4 is 51.6 Å². The molecule has 0 aliphatic carbocycles. The lowest BCUT2D eigenvalue weighted by atomic mass is 10.1. The molecule has 2 rings (SSSR count). The highest BCUT2D eigenvalue weighted by molar-refractivity contribution is 14.1. The van der Waals surface area contributed by atoms with Gasteiger partial charge in [0.05, 0.1) is 5.69 Å². The van der Waals surface area contributed by atoms with Crippen LogP contribution in [0.3, 0.4) is 0 Å². The molecule has 0 saturated carbocycles. The Hall–Kier alpha value is -1.80. The van der Waals surface area contributed by atoms with E-state index in [0.717, 1.165) is 3.57 Å². The molecular formula is C14H11ClIN3O2. The molecule has 0 radical (unpaired) electrons. The maximum absolute atomic E-state index is 12.2. The Morgan fingerprint density at radius 1 is 1.24 bits per heavy atom. The van der Waals surface area contributed by atoms with Gasteiger partial charge in [-0.15, -0.1) is 0 Å². The van der Waals surface area contributed by atoms with E-state index in [1.165, 1.54) is 0 Å². The maximum atomic E-state index is 12.2. The number of nitrogens with one attached hydrogen (secondary N) is 1. The zero-order valence-corrected chi connectivity index (χ0v) is 13.6. The van der Waals surface area contributed by atoms with Crippen LogP contribution in [0, 0.1) is 3.57 Å². The molecule has 0 bridgehead atoms. The van der Waals surface area contributed by atoms with Gasteiger partial charge in [-0.3, -0.25) is 4.79 Å². The predicted octanol–water partition coefficient (Wildman–Crippen LogP) is 3.29.